The van der Waals surface area contributed by atoms with Crippen molar-refractivity contribution in [2.45, 2.75) is 0 Å². The predicted molar refractivity (Wildman–Crippen MR) is 81.2 cm³/mol. The summed E-state index contributed by atoms with van der Waals surface area (Å²) in [7, 11) is 2.83. The van der Waals surface area contributed by atoms with Gasteiger partial charge in [0.1, 0.15) is 5.57 Å². The Hall–Kier alpha value is -2.12. The summed E-state index contributed by atoms with van der Waals surface area (Å²) < 4.78 is 4.97. The zero-order valence-corrected chi connectivity index (χ0v) is 12.7. The van der Waals surface area contributed by atoms with Gasteiger partial charge in [0.15, 0.2) is 16.6 Å². The van der Waals surface area contributed by atoms with Crippen LogP contribution in [0.4, 0.5) is 0 Å². The maximum Gasteiger partial charge on any atom is 0.265 e. The minimum Gasteiger partial charge on any atom is -0.503 e. The second kappa shape index (κ2) is 5.71. The smallest absolute Gasteiger partial charge is 0.265 e. The van der Waals surface area contributed by atoms with E-state index in [0.29, 0.717) is 5.56 Å². The van der Waals surface area contributed by atoms with E-state index in [1.54, 1.807) is 0 Å². The van der Waals surface area contributed by atoms with Gasteiger partial charge in [0.25, 0.3) is 11.8 Å². The van der Waals surface area contributed by atoms with Crippen LogP contribution in [0.2, 0.25) is 5.02 Å². The Bertz CT molecular complexity index is 687. The molecule has 0 bridgehead atoms. The SMILES string of the molecule is COc1cc(/C=C2\C(=O)NC(=S)N(C)C2=O)cc(Cl)c1O. The summed E-state index contributed by atoms with van der Waals surface area (Å²) in [5.74, 6) is -1.18. The molecule has 0 aromatic heterocycles. The number of hydrogen-bond acceptors (Lipinski definition) is 5. The minimum absolute atomic E-state index is 0.0449. The molecule has 0 unspecified atom stereocenters. The van der Waals surface area contributed by atoms with Crippen molar-refractivity contribution in [3.63, 3.8) is 0 Å². The molecule has 8 heteroatoms. The van der Waals surface area contributed by atoms with Crippen molar-refractivity contribution in [1.29, 1.82) is 0 Å². The molecule has 21 heavy (non-hydrogen) atoms. The summed E-state index contributed by atoms with van der Waals surface area (Å²) in [5, 5.41) is 12.2. The number of thiocarbonyl (C=S) groups is 1. The van der Waals surface area contributed by atoms with E-state index in [2.05, 4.69) is 5.32 Å². The van der Waals surface area contributed by atoms with Crippen LogP contribution in [0.15, 0.2) is 17.7 Å². The maximum absolute atomic E-state index is 12.1. The molecule has 0 radical (unpaired) electrons. The Morgan fingerprint density at radius 3 is 2.71 bits per heavy atom. The number of benzene rings is 1. The van der Waals surface area contributed by atoms with Gasteiger partial charge in [-0.25, -0.2) is 0 Å². The van der Waals surface area contributed by atoms with Gasteiger partial charge in [0, 0.05) is 7.05 Å². The number of phenolic OH excluding ortho intramolecular Hbond substituents is 1. The van der Waals surface area contributed by atoms with Gasteiger partial charge in [-0.2, -0.15) is 0 Å². The number of methoxy groups -OCH3 is 1. The second-order valence-corrected chi connectivity index (χ2v) is 5.03. The van der Waals surface area contributed by atoms with Crippen molar-refractivity contribution in [3.8, 4) is 11.5 Å². The van der Waals surface area contributed by atoms with E-state index < -0.39 is 11.8 Å². The number of phenols is 1. The number of rotatable bonds is 2. The molecule has 2 rings (SSSR count). The third-order valence-corrected chi connectivity index (χ3v) is 3.55. The number of amides is 2. The molecule has 1 aromatic rings. The molecule has 1 aromatic carbocycles. The van der Waals surface area contributed by atoms with Gasteiger partial charge in [-0.1, -0.05) is 11.6 Å². The fourth-order valence-electron chi connectivity index (χ4n) is 1.75. The van der Waals surface area contributed by atoms with E-state index in [-0.39, 0.29) is 27.2 Å². The number of ether oxygens (including phenoxy) is 1. The molecule has 1 saturated heterocycles. The number of hydrogen-bond donors (Lipinski definition) is 2. The van der Waals surface area contributed by atoms with E-state index in [1.807, 2.05) is 0 Å². The number of likely N-dealkylation sites (N-methyl/N-ethyl adjacent to an activating group) is 1. The first-order chi connectivity index (χ1) is 9.85. The average Bonchev–Trinajstić information content (AvgIpc) is 2.44. The molecule has 1 aliphatic heterocycles. The van der Waals surface area contributed by atoms with E-state index in [9.17, 15) is 14.7 Å². The lowest BCUT2D eigenvalue weighted by molar-refractivity contribution is -0.128. The number of nitrogens with one attached hydrogen (secondary N) is 1. The fourth-order valence-corrected chi connectivity index (χ4v) is 2.14. The topological polar surface area (TPSA) is 78.9 Å². The molecule has 0 aliphatic carbocycles. The molecule has 1 heterocycles. The number of carbonyl (C=O) groups excluding carboxylic acids is 2. The van der Waals surface area contributed by atoms with E-state index in [1.165, 1.54) is 32.4 Å². The van der Waals surface area contributed by atoms with Gasteiger partial charge in [-0.15, -0.1) is 0 Å². The Kier molecular flexibility index (Phi) is 4.15. The van der Waals surface area contributed by atoms with E-state index in [0.717, 1.165) is 4.90 Å². The highest BCUT2D eigenvalue weighted by Gasteiger charge is 2.30. The van der Waals surface area contributed by atoms with Crippen LogP contribution < -0.4 is 10.1 Å². The lowest BCUT2D eigenvalue weighted by Gasteiger charge is -2.25. The van der Waals surface area contributed by atoms with E-state index in [4.69, 9.17) is 28.6 Å². The predicted octanol–water partition coefficient (Wildman–Crippen LogP) is 1.31. The zero-order valence-electron chi connectivity index (χ0n) is 11.1. The van der Waals surface area contributed by atoms with Crippen LogP contribution in [0.1, 0.15) is 5.56 Å². The van der Waals surface area contributed by atoms with Crippen molar-refractivity contribution in [2.24, 2.45) is 0 Å². The largest absolute Gasteiger partial charge is 0.503 e. The lowest BCUT2D eigenvalue weighted by atomic mass is 10.1. The highest BCUT2D eigenvalue weighted by atomic mass is 35.5. The van der Waals surface area contributed by atoms with Crippen molar-refractivity contribution in [1.82, 2.24) is 10.2 Å². The standard InChI is InChI=1S/C13H11ClN2O4S/c1-16-12(19)7(11(18)15-13(16)21)3-6-4-8(14)10(17)9(5-6)20-2/h3-5,17H,1-2H3,(H,15,18,21)/b7-3+. The van der Waals surface area contributed by atoms with Crippen LogP contribution in [-0.2, 0) is 9.59 Å². The molecule has 1 aliphatic rings. The molecule has 0 saturated carbocycles. The Morgan fingerprint density at radius 2 is 2.10 bits per heavy atom. The summed E-state index contributed by atoms with van der Waals surface area (Å²) in [5.41, 5.74) is 0.351. The Labute approximate surface area is 130 Å². The van der Waals surface area contributed by atoms with Crippen LogP contribution >= 0.6 is 23.8 Å². The lowest BCUT2D eigenvalue weighted by Crippen LogP contribution is -2.52. The number of carbonyl (C=O) groups is 2. The van der Waals surface area contributed by atoms with Gasteiger partial charge < -0.3 is 9.84 Å². The molecule has 6 nitrogen and oxygen atoms in total. The van der Waals surface area contributed by atoms with E-state index >= 15 is 0 Å². The van der Waals surface area contributed by atoms with Gasteiger partial charge in [-0.05, 0) is 36.0 Å². The van der Waals surface area contributed by atoms with Crippen LogP contribution in [0.3, 0.4) is 0 Å². The van der Waals surface area contributed by atoms with Crippen LogP contribution in [0.25, 0.3) is 6.08 Å². The normalized spacial score (nSPS) is 17.2. The monoisotopic (exact) mass is 326 g/mol. The fraction of sp³-hybridized carbons (Fsp3) is 0.154. The Balaban J connectivity index is 2.48. The highest BCUT2D eigenvalue weighted by molar-refractivity contribution is 7.80. The van der Waals surface area contributed by atoms with Gasteiger partial charge >= 0.3 is 0 Å². The number of nitrogens with zero attached hydrogens (tertiary/aromatic N) is 1. The quantitative estimate of drug-likeness (QED) is 0.487. The van der Waals surface area contributed by atoms with Crippen LogP contribution in [0, 0.1) is 0 Å². The molecule has 110 valence electrons. The van der Waals surface area contributed by atoms with Gasteiger partial charge in [0.2, 0.25) is 0 Å². The van der Waals surface area contributed by atoms with Crippen molar-refractivity contribution in [2.75, 3.05) is 14.2 Å². The molecule has 2 amide bonds. The first-order valence-electron chi connectivity index (χ1n) is 5.76. The summed E-state index contributed by atoms with van der Waals surface area (Å²) >= 11 is 10.7. The number of aromatic hydroxyl groups is 1. The molecular formula is C13H11ClN2O4S. The average molecular weight is 327 g/mol. The first-order valence-corrected chi connectivity index (χ1v) is 6.55. The van der Waals surface area contributed by atoms with Gasteiger partial charge in [0.05, 0.1) is 12.1 Å². The molecular weight excluding hydrogens is 316 g/mol. The molecule has 1 fully saturated rings. The summed E-state index contributed by atoms with van der Waals surface area (Å²) in [4.78, 5) is 25.1. The summed E-state index contributed by atoms with van der Waals surface area (Å²) in [6.07, 6.45) is 1.35. The van der Waals surface area contributed by atoms with Crippen LogP contribution in [0.5, 0.6) is 11.5 Å². The molecule has 2 N–H and O–H groups in total. The third kappa shape index (κ3) is 2.84. The maximum atomic E-state index is 12.1. The van der Waals surface area contributed by atoms with Gasteiger partial charge in [-0.3, -0.25) is 19.8 Å². The van der Waals surface area contributed by atoms with Crippen molar-refractivity contribution >= 4 is 46.8 Å². The third-order valence-electron chi connectivity index (χ3n) is 2.89. The van der Waals surface area contributed by atoms with Crippen molar-refractivity contribution in [3.05, 3.63) is 28.3 Å². The second-order valence-electron chi connectivity index (χ2n) is 4.24. The van der Waals surface area contributed by atoms with Crippen molar-refractivity contribution < 1.29 is 19.4 Å². The molecule has 0 atom stereocenters. The summed E-state index contributed by atoms with van der Waals surface area (Å²) in [6.45, 7) is 0. The van der Waals surface area contributed by atoms with Crippen LogP contribution in [-0.4, -0.2) is 41.1 Å². The Morgan fingerprint density at radius 1 is 1.43 bits per heavy atom. The number of halogens is 1. The minimum atomic E-state index is -0.591. The molecule has 0 spiro atoms. The summed E-state index contributed by atoms with van der Waals surface area (Å²) in [6, 6.07) is 2.88. The zero-order chi connectivity index (χ0) is 15.7. The first kappa shape index (κ1) is 15.3. The highest BCUT2D eigenvalue weighted by Crippen LogP contribution is 2.35.